The summed E-state index contributed by atoms with van der Waals surface area (Å²) in [5, 5.41) is 9.58. The van der Waals surface area contributed by atoms with Crippen LogP contribution >= 0.6 is 0 Å². The molecule has 1 atom stereocenters. The molecule has 0 spiro atoms. The first-order valence-electron chi connectivity index (χ1n) is 4.90. The Morgan fingerprint density at radius 1 is 1.31 bits per heavy atom. The molecule has 0 aliphatic carbocycles. The molecule has 0 bridgehead atoms. The van der Waals surface area contributed by atoms with Gasteiger partial charge in [-0.05, 0) is 12.5 Å². The third-order valence-corrected chi connectivity index (χ3v) is 2.06. The molecule has 0 amide bonds. The third-order valence-electron chi connectivity index (χ3n) is 2.06. The summed E-state index contributed by atoms with van der Waals surface area (Å²) < 4.78 is 40.5. The van der Waals surface area contributed by atoms with Crippen molar-refractivity contribution >= 4 is 0 Å². The van der Waals surface area contributed by atoms with Gasteiger partial charge in [-0.25, -0.2) is 0 Å². The lowest BCUT2D eigenvalue weighted by molar-refractivity contribution is -0.153. The monoisotopic (exact) mass is 234 g/mol. The molecule has 0 radical (unpaired) electrons. The quantitative estimate of drug-likeness (QED) is 0.867. The molecule has 1 rings (SSSR count). The predicted octanol–water partition coefficient (Wildman–Crippen LogP) is 3.07. The van der Waals surface area contributed by atoms with Crippen molar-refractivity contribution in [1.82, 2.24) is 0 Å². The highest BCUT2D eigenvalue weighted by Crippen LogP contribution is 2.28. The zero-order valence-electron chi connectivity index (χ0n) is 8.79. The van der Waals surface area contributed by atoms with Gasteiger partial charge in [0.25, 0.3) is 0 Å². The van der Waals surface area contributed by atoms with Gasteiger partial charge in [-0.15, -0.1) is 0 Å². The second-order valence-electron chi connectivity index (χ2n) is 3.37. The second-order valence-corrected chi connectivity index (χ2v) is 3.37. The lowest BCUT2D eigenvalue weighted by atomic mass is 10.1. The average molecular weight is 234 g/mol. The number of halogens is 3. The highest BCUT2D eigenvalue weighted by molar-refractivity contribution is 5.35. The van der Waals surface area contributed by atoms with Crippen LogP contribution in [0.4, 0.5) is 13.2 Å². The maximum Gasteiger partial charge on any atom is 0.422 e. The van der Waals surface area contributed by atoms with Crippen molar-refractivity contribution in [2.24, 2.45) is 0 Å². The molecule has 0 saturated heterocycles. The summed E-state index contributed by atoms with van der Waals surface area (Å²) in [6, 6.07) is 6.19. The summed E-state index contributed by atoms with van der Waals surface area (Å²) in [5.41, 5.74) is 0.384. The number of rotatable bonds is 4. The Hall–Kier alpha value is -1.23. The molecule has 5 heteroatoms. The highest BCUT2D eigenvalue weighted by atomic mass is 19.4. The van der Waals surface area contributed by atoms with E-state index in [1.165, 1.54) is 6.07 Å². The van der Waals surface area contributed by atoms with Gasteiger partial charge in [0.1, 0.15) is 5.75 Å². The van der Waals surface area contributed by atoms with Crippen LogP contribution in [0.3, 0.4) is 0 Å². The maximum atomic E-state index is 12.0. The fourth-order valence-electron chi connectivity index (χ4n) is 1.27. The smallest absolute Gasteiger partial charge is 0.422 e. The molecule has 0 aliphatic rings. The Morgan fingerprint density at radius 3 is 2.50 bits per heavy atom. The molecular formula is C11H13F3O2. The van der Waals surface area contributed by atoms with Gasteiger partial charge in [0.2, 0.25) is 0 Å². The minimum absolute atomic E-state index is 0.0779. The zero-order chi connectivity index (χ0) is 12.2. The summed E-state index contributed by atoms with van der Waals surface area (Å²) in [4.78, 5) is 0. The Bertz CT molecular complexity index is 336. The van der Waals surface area contributed by atoms with Crippen LogP contribution in [0.1, 0.15) is 25.0 Å². The molecule has 1 aromatic rings. The Morgan fingerprint density at radius 2 is 1.94 bits per heavy atom. The number of benzene rings is 1. The van der Waals surface area contributed by atoms with Crippen molar-refractivity contribution in [3.8, 4) is 5.75 Å². The molecule has 1 N–H and O–H groups in total. The van der Waals surface area contributed by atoms with Crippen LogP contribution in [-0.4, -0.2) is 17.9 Å². The fourth-order valence-corrected chi connectivity index (χ4v) is 1.27. The van der Waals surface area contributed by atoms with E-state index in [0.29, 0.717) is 12.0 Å². The molecule has 90 valence electrons. The summed E-state index contributed by atoms with van der Waals surface area (Å²) >= 11 is 0. The van der Waals surface area contributed by atoms with E-state index in [4.69, 9.17) is 0 Å². The van der Waals surface area contributed by atoms with Crippen LogP contribution in [0.15, 0.2) is 24.3 Å². The van der Waals surface area contributed by atoms with E-state index < -0.39 is 18.9 Å². The van der Waals surface area contributed by atoms with Crippen LogP contribution in [0.2, 0.25) is 0 Å². The number of alkyl halides is 3. The van der Waals surface area contributed by atoms with E-state index in [1.54, 1.807) is 25.1 Å². The standard InChI is InChI=1S/C11H13F3O2/c1-2-9(15)8-5-3-4-6-10(8)16-7-11(12,13)14/h3-6,9,15H,2,7H2,1H3/t9-/m1/s1. The first-order valence-corrected chi connectivity index (χ1v) is 4.90. The van der Waals surface area contributed by atoms with Crippen molar-refractivity contribution in [3.63, 3.8) is 0 Å². The van der Waals surface area contributed by atoms with E-state index >= 15 is 0 Å². The average Bonchev–Trinajstić information content (AvgIpc) is 2.25. The predicted molar refractivity (Wildman–Crippen MR) is 53.2 cm³/mol. The zero-order valence-corrected chi connectivity index (χ0v) is 8.79. The topological polar surface area (TPSA) is 29.5 Å². The van der Waals surface area contributed by atoms with Crippen molar-refractivity contribution in [3.05, 3.63) is 29.8 Å². The lowest BCUT2D eigenvalue weighted by Gasteiger charge is -2.15. The van der Waals surface area contributed by atoms with Crippen LogP contribution in [-0.2, 0) is 0 Å². The van der Waals surface area contributed by atoms with E-state index in [0.717, 1.165) is 0 Å². The van der Waals surface area contributed by atoms with Gasteiger partial charge in [-0.2, -0.15) is 13.2 Å². The molecule has 0 heterocycles. The molecule has 0 fully saturated rings. The van der Waals surface area contributed by atoms with Crippen LogP contribution < -0.4 is 4.74 Å². The molecule has 0 aromatic heterocycles. The lowest BCUT2D eigenvalue weighted by Crippen LogP contribution is -2.20. The Labute approximate surface area is 91.7 Å². The van der Waals surface area contributed by atoms with Gasteiger partial charge in [-0.1, -0.05) is 25.1 Å². The van der Waals surface area contributed by atoms with E-state index in [-0.39, 0.29) is 5.75 Å². The van der Waals surface area contributed by atoms with Gasteiger partial charge in [0.05, 0.1) is 6.10 Å². The normalized spacial score (nSPS) is 13.6. The SMILES string of the molecule is CC[C@@H](O)c1ccccc1OCC(F)(F)F. The molecule has 0 saturated carbocycles. The van der Waals surface area contributed by atoms with Crippen LogP contribution in [0.25, 0.3) is 0 Å². The van der Waals surface area contributed by atoms with Crippen LogP contribution in [0, 0.1) is 0 Å². The first-order chi connectivity index (χ1) is 7.44. The van der Waals surface area contributed by atoms with Gasteiger partial charge in [-0.3, -0.25) is 0 Å². The number of ether oxygens (including phenoxy) is 1. The molecular weight excluding hydrogens is 221 g/mol. The minimum Gasteiger partial charge on any atom is -0.484 e. The highest BCUT2D eigenvalue weighted by Gasteiger charge is 2.29. The molecule has 16 heavy (non-hydrogen) atoms. The minimum atomic E-state index is -4.37. The fraction of sp³-hybridized carbons (Fsp3) is 0.455. The second kappa shape index (κ2) is 5.21. The molecule has 1 aromatic carbocycles. The number of para-hydroxylation sites is 1. The van der Waals surface area contributed by atoms with Crippen molar-refractivity contribution < 1.29 is 23.0 Å². The summed E-state index contributed by atoms with van der Waals surface area (Å²) in [6.07, 6.45) is -4.75. The van der Waals surface area contributed by atoms with Crippen molar-refractivity contribution in [1.29, 1.82) is 0 Å². The molecule has 0 unspecified atom stereocenters. The maximum absolute atomic E-state index is 12.0. The summed E-state index contributed by atoms with van der Waals surface area (Å²) in [6.45, 7) is 0.394. The number of aliphatic hydroxyl groups is 1. The van der Waals surface area contributed by atoms with Gasteiger partial charge in [0, 0.05) is 5.56 Å². The van der Waals surface area contributed by atoms with Gasteiger partial charge < -0.3 is 9.84 Å². The Balaban J connectivity index is 2.79. The first kappa shape index (κ1) is 12.8. The number of hydrogen-bond donors (Lipinski definition) is 1. The third kappa shape index (κ3) is 3.73. The van der Waals surface area contributed by atoms with Gasteiger partial charge >= 0.3 is 6.18 Å². The molecule has 2 nitrogen and oxygen atoms in total. The van der Waals surface area contributed by atoms with E-state index in [9.17, 15) is 18.3 Å². The van der Waals surface area contributed by atoms with Crippen molar-refractivity contribution in [2.45, 2.75) is 25.6 Å². The van der Waals surface area contributed by atoms with E-state index in [2.05, 4.69) is 4.74 Å². The molecule has 0 aliphatic heterocycles. The van der Waals surface area contributed by atoms with Crippen LogP contribution in [0.5, 0.6) is 5.75 Å². The summed E-state index contributed by atoms with van der Waals surface area (Å²) in [7, 11) is 0. The largest absolute Gasteiger partial charge is 0.484 e. The van der Waals surface area contributed by atoms with E-state index in [1.807, 2.05) is 0 Å². The number of aliphatic hydroxyl groups excluding tert-OH is 1. The van der Waals surface area contributed by atoms with Crippen molar-refractivity contribution in [2.75, 3.05) is 6.61 Å². The summed E-state index contributed by atoms with van der Waals surface area (Å²) in [5.74, 6) is 0.0779. The Kier molecular flexibility index (Phi) is 4.18. The van der Waals surface area contributed by atoms with Gasteiger partial charge in [0.15, 0.2) is 6.61 Å². The number of hydrogen-bond acceptors (Lipinski definition) is 2.